The van der Waals surface area contributed by atoms with Crippen molar-refractivity contribution in [3.63, 3.8) is 0 Å². The third kappa shape index (κ3) is 4.83. The van der Waals surface area contributed by atoms with Gasteiger partial charge in [0.25, 0.3) is 0 Å². The first-order valence-electron chi connectivity index (χ1n) is 7.97. The molecule has 0 radical (unpaired) electrons. The molecule has 0 fully saturated rings. The van der Waals surface area contributed by atoms with E-state index in [9.17, 15) is 9.59 Å². The molecule has 5 nitrogen and oxygen atoms in total. The van der Waals surface area contributed by atoms with Crippen molar-refractivity contribution in [1.29, 1.82) is 0 Å². The van der Waals surface area contributed by atoms with Crippen LogP contribution in [0.5, 0.6) is 11.5 Å². The van der Waals surface area contributed by atoms with Crippen molar-refractivity contribution in [2.24, 2.45) is 0 Å². The number of nitrogens with zero attached hydrogens (tertiary/aromatic N) is 1. The summed E-state index contributed by atoms with van der Waals surface area (Å²) in [6.45, 7) is 10.3. The van der Waals surface area contributed by atoms with Crippen molar-refractivity contribution >= 4 is 23.3 Å². The van der Waals surface area contributed by atoms with Gasteiger partial charge < -0.3 is 14.4 Å². The number of benzene rings is 2. The molecule has 2 rings (SSSR count). The van der Waals surface area contributed by atoms with Gasteiger partial charge in [0.2, 0.25) is 0 Å². The molecule has 0 aliphatic rings. The van der Waals surface area contributed by atoms with Gasteiger partial charge in [-0.25, -0.2) is 9.59 Å². The first-order valence-corrected chi connectivity index (χ1v) is 7.97. The van der Waals surface area contributed by atoms with Gasteiger partial charge in [-0.3, -0.25) is 0 Å². The number of carbonyl (C=O) groups excluding carboxylic acids is 2. The molecule has 0 bridgehead atoms. The zero-order valence-corrected chi connectivity index (χ0v) is 15.1. The van der Waals surface area contributed by atoms with Crippen molar-refractivity contribution in [3.05, 3.63) is 72.8 Å². The molecule has 0 aliphatic heterocycles. The summed E-state index contributed by atoms with van der Waals surface area (Å²) in [6, 6.07) is 14.2. The van der Waals surface area contributed by atoms with E-state index in [4.69, 9.17) is 9.47 Å². The van der Waals surface area contributed by atoms with Crippen LogP contribution >= 0.6 is 0 Å². The molecule has 0 spiro atoms. The average Bonchev–Trinajstić information content (AvgIpc) is 2.62. The van der Waals surface area contributed by atoms with Gasteiger partial charge >= 0.3 is 11.9 Å². The van der Waals surface area contributed by atoms with E-state index in [2.05, 4.69) is 13.2 Å². The Morgan fingerprint density at radius 3 is 1.31 bits per heavy atom. The van der Waals surface area contributed by atoms with Crippen LogP contribution in [0.1, 0.15) is 13.8 Å². The normalized spacial score (nSPS) is 9.96. The molecular weight excluding hydrogens is 330 g/mol. The molecule has 2 aromatic rings. The second kappa shape index (κ2) is 8.16. The summed E-state index contributed by atoms with van der Waals surface area (Å²) in [4.78, 5) is 25.0. The van der Waals surface area contributed by atoms with Gasteiger partial charge in [0.1, 0.15) is 11.5 Å². The van der Waals surface area contributed by atoms with Gasteiger partial charge in [0, 0.05) is 29.6 Å². The predicted octanol–water partition coefficient (Wildman–Crippen LogP) is 4.42. The number of carbonyl (C=O) groups is 2. The van der Waals surface area contributed by atoms with Gasteiger partial charge in [0.15, 0.2) is 0 Å². The molecule has 0 heterocycles. The minimum atomic E-state index is -0.453. The Morgan fingerprint density at radius 2 is 1.04 bits per heavy atom. The number of esters is 2. The van der Waals surface area contributed by atoms with Crippen LogP contribution in [0.4, 0.5) is 11.4 Å². The second-order valence-electron chi connectivity index (χ2n) is 5.89. The molecule has 0 saturated carbocycles. The lowest BCUT2D eigenvalue weighted by Crippen LogP contribution is -2.11. The second-order valence-corrected chi connectivity index (χ2v) is 5.89. The number of ether oxygens (including phenoxy) is 2. The van der Waals surface area contributed by atoms with Gasteiger partial charge in [-0.05, 0) is 62.4 Å². The lowest BCUT2D eigenvalue weighted by molar-refractivity contribution is -0.130. The SMILES string of the molecule is C=C(C)C(=O)Oc1ccc(N(C)c2ccc(OC(=O)C(=C)C)cc2)cc1. The minimum Gasteiger partial charge on any atom is -0.423 e. The molecular formula is C21H21NO4. The molecule has 0 saturated heterocycles. The maximum Gasteiger partial charge on any atom is 0.338 e. The highest BCUT2D eigenvalue weighted by Crippen LogP contribution is 2.27. The van der Waals surface area contributed by atoms with Crippen LogP contribution in [0.15, 0.2) is 72.8 Å². The Kier molecular flexibility index (Phi) is 5.96. The van der Waals surface area contributed by atoms with Crippen molar-refractivity contribution in [2.75, 3.05) is 11.9 Å². The van der Waals surface area contributed by atoms with Crippen LogP contribution in [0.3, 0.4) is 0 Å². The van der Waals surface area contributed by atoms with Crippen LogP contribution in [-0.2, 0) is 9.59 Å². The average molecular weight is 351 g/mol. The predicted molar refractivity (Wildman–Crippen MR) is 102 cm³/mol. The summed E-state index contributed by atoms with van der Waals surface area (Å²) in [7, 11) is 1.91. The first-order chi connectivity index (χ1) is 12.3. The van der Waals surface area contributed by atoms with Crippen LogP contribution in [0, 0.1) is 0 Å². The molecule has 0 amide bonds. The van der Waals surface area contributed by atoms with Gasteiger partial charge in [-0.15, -0.1) is 0 Å². The number of hydrogen-bond acceptors (Lipinski definition) is 5. The first kappa shape index (κ1) is 19.0. The Balaban J connectivity index is 2.07. The summed E-state index contributed by atoms with van der Waals surface area (Å²) < 4.78 is 10.4. The van der Waals surface area contributed by atoms with Crippen LogP contribution in [0.25, 0.3) is 0 Å². The number of anilines is 2. The monoisotopic (exact) mass is 351 g/mol. The molecule has 0 atom stereocenters. The number of rotatable bonds is 6. The Hall–Kier alpha value is -3.34. The maximum absolute atomic E-state index is 11.5. The largest absolute Gasteiger partial charge is 0.423 e. The van der Waals surface area contributed by atoms with E-state index < -0.39 is 11.9 Å². The Labute approximate surface area is 153 Å². The van der Waals surface area contributed by atoms with E-state index in [-0.39, 0.29) is 0 Å². The maximum atomic E-state index is 11.5. The fraction of sp³-hybridized carbons (Fsp3) is 0.143. The van der Waals surface area contributed by atoms with Gasteiger partial charge in [-0.1, -0.05) is 13.2 Å². The molecule has 5 heteroatoms. The van der Waals surface area contributed by atoms with E-state index in [0.717, 1.165) is 11.4 Å². The molecule has 0 N–H and O–H groups in total. The summed E-state index contributed by atoms with van der Waals surface area (Å²) in [5, 5.41) is 0. The highest BCUT2D eigenvalue weighted by molar-refractivity contribution is 5.89. The standard InChI is InChI=1S/C21H21NO4/c1-14(2)20(23)25-18-10-6-16(7-11-18)22(5)17-8-12-19(13-9-17)26-21(24)15(3)4/h6-13H,1,3H2,2,4-5H3. The van der Waals surface area contributed by atoms with Crippen molar-refractivity contribution in [3.8, 4) is 11.5 Å². The molecule has 134 valence electrons. The summed E-state index contributed by atoms with van der Waals surface area (Å²) in [5.41, 5.74) is 2.51. The number of hydrogen-bond donors (Lipinski definition) is 0. The lowest BCUT2D eigenvalue weighted by Gasteiger charge is -2.20. The van der Waals surface area contributed by atoms with E-state index in [1.165, 1.54) is 0 Å². The van der Waals surface area contributed by atoms with Crippen LogP contribution in [-0.4, -0.2) is 19.0 Å². The molecule has 2 aromatic carbocycles. The van der Waals surface area contributed by atoms with E-state index in [0.29, 0.717) is 22.6 Å². The molecule has 26 heavy (non-hydrogen) atoms. The van der Waals surface area contributed by atoms with Crippen molar-refractivity contribution in [2.45, 2.75) is 13.8 Å². The highest BCUT2D eigenvalue weighted by atomic mass is 16.5. The van der Waals surface area contributed by atoms with E-state index >= 15 is 0 Å². The van der Waals surface area contributed by atoms with Crippen LogP contribution in [0.2, 0.25) is 0 Å². The van der Waals surface area contributed by atoms with E-state index in [1.54, 1.807) is 38.1 Å². The third-order valence-corrected chi connectivity index (χ3v) is 3.57. The lowest BCUT2D eigenvalue weighted by atomic mass is 10.2. The van der Waals surface area contributed by atoms with E-state index in [1.807, 2.05) is 36.2 Å². The van der Waals surface area contributed by atoms with Crippen molar-refractivity contribution < 1.29 is 19.1 Å². The summed E-state index contributed by atoms with van der Waals surface area (Å²) in [5.74, 6) is 0.00594. The van der Waals surface area contributed by atoms with Gasteiger partial charge in [0.05, 0.1) is 0 Å². The molecule has 0 aromatic heterocycles. The summed E-state index contributed by atoms with van der Waals surface area (Å²) >= 11 is 0. The fourth-order valence-corrected chi connectivity index (χ4v) is 2.01. The molecule has 0 unspecified atom stereocenters. The third-order valence-electron chi connectivity index (χ3n) is 3.57. The zero-order valence-electron chi connectivity index (χ0n) is 15.1. The minimum absolute atomic E-state index is 0.346. The highest BCUT2D eigenvalue weighted by Gasteiger charge is 2.09. The quantitative estimate of drug-likeness (QED) is 0.438. The topological polar surface area (TPSA) is 55.8 Å². The smallest absolute Gasteiger partial charge is 0.338 e. The Morgan fingerprint density at radius 1 is 0.731 bits per heavy atom. The Bertz CT molecular complexity index is 764. The van der Waals surface area contributed by atoms with Crippen LogP contribution < -0.4 is 14.4 Å². The summed E-state index contributed by atoms with van der Waals surface area (Å²) in [6.07, 6.45) is 0. The zero-order chi connectivity index (χ0) is 19.3. The van der Waals surface area contributed by atoms with Crippen molar-refractivity contribution in [1.82, 2.24) is 0 Å². The molecule has 0 aliphatic carbocycles. The van der Waals surface area contributed by atoms with Gasteiger partial charge in [-0.2, -0.15) is 0 Å². The fourth-order valence-electron chi connectivity index (χ4n) is 2.01.